The minimum atomic E-state index is -1.06. The van der Waals surface area contributed by atoms with Gasteiger partial charge in [0.25, 0.3) is 11.8 Å². The van der Waals surface area contributed by atoms with Crippen LogP contribution in [0.1, 0.15) is 22.3 Å². The fraction of sp³-hybridized carbons (Fsp3) is 0.154. The number of imide groups is 1. The Balaban J connectivity index is 1.79. The van der Waals surface area contributed by atoms with Crippen LogP contribution in [0.4, 0.5) is 14.5 Å². The van der Waals surface area contributed by atoms with E-state index >= 15 is 0 Å². The molecule has 1 N–H and O–H groups in total. The van der Waals surface area contributed by atoms with Gasteiger partial charge in [-0.1, -0.05) is 42.0 Å². The molecular weight excluding hydrogens is 426 g/mol. The van der Waals surface area contributed by atoms with Gasteiger partial charge in [0, 0.05) is 17.3 Å². The van der Waals surface area contributed by atoms with Gasteiger partial charge in [-0.3, -0.25) is 14.5 Å². The van der Waals surface area contributed by atoms with Crippen molar-refractivity contribution in [1.29, 1.82) is 0 Å². The van der Waals surface area contributed by atoms with Crippen LogP contribution in [0.15, 0.2) is 66.4 Å². The highest BCUT2D eigenvalue weighted by atomic mass is 19.2. The number of ether oxygens (including phenoxy) is 1. The van der Waals surface area contributed by atoms with Crippen LogP contribution in [0.25, 0.3) is 5.57 Å². The first-order valence-electron chi connectivity index (χ1n) is 10.3. The van der Waals surface area contributed by atoms with Gasteiger partial charge in [0.2, 0.25) is 0 Å². The van der Waals surface area contributed by atoms with E-state index in [1.165, 1.54) is 13.2 Å². The molecular formula is C26H22F2N2O3. The van der Waals surface area contributed by atoms with Crippen LogP contribution in [-0.2, 0) is 16.1 Å². The number of anilines is 1. The summed E-state index contributed by atoms with van der Waals surface area (Å²) in [5.74, 6) is -2.56. The van der Waals surface area contributed by atoms with Gasteiger partial charge in [-0.2, -0.15) is 0 Å². The number of rotatable bonds is 6. The van der Waals surface area contributed by atoms with Crippen molar-refractivity contribution < 1.29 is 23.1 Å². The van der Waals surface area contributed by atoms with E-state index in [4.69, 9.17) is 4.74 Å². The number of nitrogens with zero attached hydrogens (tertiary/aromatic N) is 1. The number of para-hydroxylation sites is 1. The van der Waals surface area contributed by atoms with Gasteiger partial charge in [0.1, 0.15) is 11.4 Å². The lowest BCUT2D eigenvalue weighted by molar-refractivity contribution is -0.137. The van der Waals surface area contributed by atoms with E-state index in [9.17, 15) is 18.4 Å². The number of carbonyl (C=O) groups excluding carboxylic acids is 2. The number of benzene rings is 3. The molecule has 4 rings (SSSR count). The smallest absolute Gasteiger partial charge is 0.278 e. The van der Waals surface area contributed by atoms with E-state index in [1.807, 2.05) is 26.0 Å². The van der Waals surface area contributed by atoms with Crippen molar-refractivity contribution in [2.24, 2.45) is 0 Å². The van der Waals surface area contributed by atoms with Crippen molar-refractivity contribution in [2.45, 2.75) is 20.4 Å². The topological polar surface area (TPSA) is 58.6 Å². The lowest BCUT2D eigenvalue weighted by Crippen LogP contribution is -2.32. The number of methoxy groups -OCH3 is 1. The number of carbonyl (C=O) groups is 2. The third-order valence-corrected chi connectivity index (χ3v) is 5.53. The maximum atomic E-state index is 13.8. The Morgan fingerprint density at radius 3 is 2.36 bits per heavy atom. The van der Waals surface area contributed by atoms with Crippen LogP contribution >= 0.6 is 0 Å². The number of nitrogens with one attached hydrogen (secondary N) is 1. The van der Waals surface area contributed by atoms with Crippen LogP contribution in [0.5, 0.6) is 5.75 Å². The maximum Gasteiger partial charge on any atom is 0.278 e. The summed E-state index contributed by atoms with van der Waals surface area (Å²) in [5.41, 5.74) is 3.42. The van der Waals surface area contributed by atoms with Gasteiger partial charge >= 0.3 is 0 Å². The van der Waals surface area contributed by atoms with Crippen LogP contribution in [0.3, 0.4) is 0 Å². The Hall–Kier alpha value is -4.00. The number of amides is 2. The molecule has 2 amide bonds. The SMILES string of the molecule is COc1ccccc1CN1C(=O)C(Nc2ccc(F)c(F)c2)=C(c2ccc(C)cc2C)C1=O. The molecule has 0 fully saturated rings. The third-order valence-electron chi connectivity index (χ3n) is 5.53. The second kappa shape index (κ2) is 8.86. The fourth-order valence-corrected chi connectivity index (χ4v) is 3.90. The molecule has 168 valence electrons. The van der Waals surface area contributed by atoms with Gasteiger partial charge < -0.3 is 10.1 Å². The summed E-state index contributed by atoms with van der Waals surface area (Å²) in [6.07, 6.45) is 0. The van der Waals surface area contributed by atoms with E-state index in [-0.39, 0.29) is 23.5 Å². The number of hydrogen-bond acceptors (Lipinski definition) is 4. The molecule has 0 saturated heterocycles. The first kappa shape index (κ1) is 22.2. The zero-order chi connectivity index (χ0) is 23.7. The lowest BCUT2D eigenvalue weighted by atomic mass is 9.97. The highest BCUT2D eigenvalue weighted by Gasteiger charge is 2.40. The first-order chi connectivity index (χ1) is 15.8. The number of halogens is 2. The maximum absolute atomic E-state index is 13.8. The second-order valence-electron chi connectivity index (χ2n) is 7.83. The number of hydrogen-bond donors (Lipinski definition) is 1. The van der Waals surface area contributed by atoms with Crippen molar-refractivity contribution in [3.05, 3.63) is 100 Å². The van der Waals surface area contributed by atoms with E-state index < -0.39 is 23.4 Å². The van der Waals surface area contributed by atoms with Gasteiger partial charge in [0.05, 0.1) is 19.2 Å². The molecule has 0 spiro atoms. The Labute approximate surface area is 190 Å². The van der Waals surface area contributed by atoms with Crippen molar-refractivity contribution >= 4 is 23.1 Å². The van der Waals surface area contributed by atoms with Crippen molar-refractivity contribution in [2.75, 3.05) is 12.4 Å². The third kappa shape index (κ3) is 4.22. The van der Waals surface area contributed by atoms with E-state index in [0.29, 0.717) is 16.9 Å². The molecule has 5 nitrogen and oxygen atoms in total. The summed E-state index contributed by atoms with van der Waals surface area (Å²) in [6, 6.07) is 15.9. The van der Waals surface area contributed by atoms with Crippen molar-refractivity contribution in [1.82, 2.24) is 4.90 Å². The molecule has 3 aromatic carbocycles. The second-order valence-corrected chi connectivity index (χ2v) is 7.83. The van der Waals surface area contributed by atoms with E-state index in [1.54, 1.807) is 30.3 Å². The van der Waals surface area contributed by atoms with Crippen LogP contribution in [0, 0.1) is 25.5 Å². The molecule has 1 aliphatic rings. The molecule has 0 aliphatic carbocycles. The monoisotopic (exact) mass is 448 g/mol. The van der Waals surface area contributed by atoms with E-state index in [2.05, 4.69) is 5.32 Å². The molecule has 33 heavy (non-hydrogen) atoms. The van der Waals surface area contributed by atoms with Gasteiger partial charge in [-0.15, -0.1) is 0 Å². The molecule has 3 aromatic rings. The Kier molecular flexibility index (Phi) is 5.96. The van der Waals surface area contributed by atoms with Gasteiger partial charge in [-0.25, -0.2) is 8.78 Å². The predicted octanol–water partition coefficient (Wildman–Crippen LogP) is 4.98. The zero-order valence-corrected chi connectivity index (χ0v) is 18.4. The molecule has 1 aliphatic heterocycles. The summed E-state index contributed by atoms with van der Waals surface area (Å²) in [7, 11) is 1.52. The van der Waals surface area contributed by atoms with Gasteiger partial charge in [0.15, 0.2) is 11.6 Å². The normalized spacial score (nSPS) is 13.7. The van der Waals surface area contributed by atoms with Crippen LogP contribution in [-0.4, -0.2) is 23.8 Å². The Morgan fingerprint density at radius 1 is 0.909 bits per heavy atom. The van der Waals surface area contributed by atoms with Crippen molar-refractivity contribution in [3.8, 4) is 5.75 Å². The summed E-state index contributed by atoms with van der Waals surface area (Å²) < 4.78 is 32.6. The highest BCUT2D eigenvalue weighted by molar-refractivity contribution is 6.36. The quantitative estimate of drug-likeness (QED) is 0.541. The molecule has 0 saturated carbocycles. The van der Waals surface area contributed by atoms with Gasteiger partial charge in [-0.05, 0) is 43.2 Å². The number of aryl methyl sites for hydroxylation is 2. The molecule has 0 atom stereocenters. The zero-order valence-electron chi connectivity index (χ0n) is 18.4. The average Bonchev–Trinajstić information content (AvgIpc) is 3.01. The van der Waals surface area contributed by atoms with Crippen molar-refractivity contribution in [3.63, 3.8) is 0 Å². The largest absolute Gasteiger partial charge is 0.496 e. The Morgan fingerprint density at radius 2 is 1.67 bits per heavy atom. The lowest BCUT2D eigenvalue weighted by Gasteiger charge is -2.17. The molecule has 0 aromatic heterocycles. The predicted molar refractivity (Wildman–Crippen MR) is 121 cm³/mol. The minimum absolute atomic E-state index is 0.000945. The summed E-state index contributed by atoms with van der Waals surface area (Å²) >= 11 is 0. The van der Waals surface area contributed by atoms with Crippen LogP contribution < -0.4 is 10.1 Å². The molecule has 1 heterocycles. The molecule has 0 radical (unpaired) electrons. The standard InChI is InChI=1S/C26H22F2N2O3/c1-15-8-10-19(16(2)12-15)23-24(29-18-9-11-20(27)21(28)13-18)26(32)30(25(23)31)14-17-6-4-5-7-22(17)33-3/h4-13,29H,14H2,1-3H3. The highest BCUT2D eigenvalue weighted by Crippen LogP contribution is 2.34. The summed E-state index contributed by atoms with van der Waals surface area (Å²) in [4.78, 5) is 28.0. The minimum Gasteiger partial charge on any atom is -0.496 e. The molecule has 0 bridgehead atoms. The molecule has 7 heteroatoms. The Bertz CT molecular complexity index is 1300. The average molecular weight is 448 g/mol. The fourth-order valence-electron chi connectivity index (χ4n) is 3.90. The summed E-state index contributed by atoms with van der Waals surface area (Å²) in [5, 5.41) is 2.85. The first-order valence-corrected chi connectivity index (χ1v) is 10.3. The summed E-state index contributed by atoms with van der Waals surface area (Å²) in [6.45, 7) is 3.78. The van der Waals surface area contributed by atoms with E-state index in [0.717, 1.165) is 28.2 Å². The molecule has 0 unspecified atom stereocenters. The van der Waals surface area contributed by atoms with Crippen LogP contribution in [0.2, 0.25) is 0 Å².